The van der Waals surface area contributed by atoms with Gasteiger partial charge in [-0.1, -0.05) is 18.2 Å². The van der Waals surface area contributed by atoms with Gasteiger partial charge in [-0.2, -0.15) is 0 Å². The Balaban J connectivity index is 1.54. The molecule has 0 radical (unpaired) electrons. The van der Waals surface area contributed by atoms with E-state index in [4.69, 9.17) is 4.74 Å². The van der Waals surface area contributed by atoms with Gasteiger partial charge >= 0.3 is 0 Å². The molecule has 26 heavy (non-hydrogen) atoms. The van der Waals surface area contributed by atoms with E-state index in [0.717, 1.165) is 30.0 Å². The van der Waals surface area contributed by atoms with Crippen LogP contribution in [0, 0.1) is 6.92 Å². The van der Waals surface area contributed by atoms with Crippen LogP contribution in [0.5, 0.6) is 5.75 Å². The molecule has 0 aliphatic carbocycles. The zero-order valence-electron chi connectivity index (χ0n) is 15.2. The summed E-state index contributed by atoms with van der Waals surface area (Å²) >= 11 is 0. The van der Waals surface area contributed by atoms with Crippen LogP contribution in [0.4, 0.5) is 5.69 Å². The standard InChI is InChI=1S/C21H24N2O3/c1-15-6-3-4-7-19(15)26-14-16(2)22-21(25)17-9-11-18(12-10-17)23-13-5-8-20(23)24/h3-4,6-7,9-12,16H,5,8,13-14H2,1-2H3,(H,22,25). The minimum absolute atomic E-state index is 0.123. The summed E-state index contributed by atoms with van der Waals surface area (Å²) in [5.74, 6) is 0.822. The zero-order chi connectivity index (χ0) is 18.5. The predicted octanol–water partition coefficient (Wildman–Crippen LogP) is 3.32. The summed E-state index contributed by atoms with van der Waals surface area (Å²) in [7, 11) is 0. The summed E-state index contributed by atoms with van der Waals surface area (Å²) in [5, 5.41) is 2.94. The summed E-state index contributed by atoms with van der Waals surface area (Å²) in [5.41, 5.74) is 2.49. The number of aryl methyl sites for hydroxylation is 1. The van der Waals surface area contributed by atoms with E-state index in [9.17, 15) is 9.59 Å². The van der Waals surface area contributed by atoms with Crippen LogP contribution in [0.1, 0.15) is 35.7 Å². The highest BCUT2D eigenvalue weighted by Crippen LogP contribution is 2.21. The van der Waals surface area contributed by atoms with Crippen LogP contribution < -0.4 is 15.0 Å². The molecule has 1 N–H and O–H groups in total. The second-order valence-electron chi connectivity index (χ2n) is 6.65. The lowest BCUT2D eigenvalue weighted by Crippen LogP contribution is -2.36. The SMILES string of the molecule is Cc1ccccc1OCC(C)NC(=O)c1ccc(N2CCCC2=O)cc1. The maximum absolute atomic E-state index is 12.4. The number of ether oxygens (including phenoxy) is 1. The lowest BCUT2D eigenvalue weighted by molar-refractivity contribution is -0.117. The average Bonchev–Trinajstić information content (AvgIpc) is 3.07. The van der Waals surface area contributed by atoms with Crippen LogP contribution in [0.2, 0.25) is 0 Å². The molecule has 5 nitrogen and oxygen atoms in total. The van der Waals surface area contributed by atoms with Gasteiger partial charge in [0, 0.05) is 24.2 Å². The van der Waals surface area contributed by atoms with Crippen molar-refractivity contribution in [3.63, 3.8) is 0 Å². The molecule has 1 unspecified atom stereocenters. The number of hydrogen-bond donors (Lipinski definition) is 1. The summed E-state index contributed by atoms with van der Waals surface area (Å²) in [4.78, 5) is 25.9. The van der Waals surface area contributed by atoms with Gasteiger partial charge in [0.2, 0.25) is 5.91 Å². The van der Waals surface area contributed by atoms with Gasteiger partial charge in [0.1, 0.15) is 12.4 Å². The molecule has 0 saturated carbocycles. The molecule has 1 aliphatic rings. The molecule has 1 aliphatic heterocycles. The average molecular weight is 352 g/mol. The maximum atomic E-state index is 12.4. The van der Waals surface area contributed by atoms with Gasteiger partial charge in [0.25, 0.3) is 5.91 Å². The molecule has 0 spiro atoms. The third-order valence-corrected chi connectivity index (χ3v) is 4.47. The molecule has 2 aromatic rings. The van der Waals surface area contributed by atoms with Crippen molar-refractivity contribution >= 4 is 17.5 Å². The fraction of sp³-hybridized carbons (Fsp3) is 0.333. The Hall–Kier alpha value is -2.82. The molecule has 3 rings (SSSR count). The first-order chi connectivity index (χ1) is 12.5. The van der Waals surface area contributed by atoms with Gasteiger partial charge in [-0.3, -0.25) is 9.59 Å². The van der Waals surface area contributed by atoms with Gasteiger partial charge < -0.3 is 15.0 Å². The molecule has 1 atom stereocenters. The second-order valence-corrected chi connectivity index (χ2v) is 6.65. The first kappa shape index (κ1) is 18.0. The van der Waals surface area contributed by atoms with Crippen LogP contribution in [0.25, 0.3) is 0 Å². The van der Waals surface area contributed by atoms with Crippen LogP contribution in [0.3, 0.4) is 0 Å². The molecule has 1 heterocycles. The number of para-hydroxylation sites is 1. The lowest BCUT2D eigenvalue weighted by atomic mass is 10.1. The number of nitrogens with zero attached hydrogens (tertiary/aromatic N) is 1. The minimum atomic E-state index is -0.148. The first-order valence-corrected chi connectivity index (χ1v) is 8.94. The quantitative estimate of drug-likeness (QED) is 0.868. The normalized spacial score (nSPS) is 15.0. The lowest BCUT2D eigenvalue weighted by Gasteiger charge is -2.17. The largest absolute Gasteiger partial charge is 0.491 e. The van der Waals surface area contributed by atoms with Gasteiger partial charge in [-0.15, -0.1) is 0 Å². The molecule has 2 aromatic carbocycles. The van der Waals surface area contributed by atoms with Crippen molar-refractivity contribution in [2.75, 3.05) is 18.1 Å². The van der Waals surface area contributed by atoms with E-state index in [2.05, 4.69) is 5.32 Å². The van der Waals surface area contributed by atoms with Crippen LogP contribution in [-0.4, -0.2) is 31.0 Å². The van der Waals surface area contributed by atoms with Gasteiger partial charge in [0.05, 0.1) is 6.04 Å². The maximum Gasteiger partial charge on any atom is 0.251 e. The zero-order valence-corrected chi connectivity index (χ0v) is 15.2. The molecule has 1 fully saturated rings. The van der Waals surface area contributed by atoms with E-state index in [0.29, 0.717) is 18.6 Å². The molecule has 5 heteroatoms. The number of carbonyl (C=O) groups excluding carboxylic acids is 2. The summed E-state index contributed by atoms with van der Waals surface area (Å²) in [6.07, 6.45) is 1.49. The third kappa shape index (κ3) is 4.23. The van der Waals surface area contributed by atoms with E-state index >= 15 is 0 Å². The van der Waals surface area contributed by atoms with Crippen molar-refractivity contribution in [2.45, 2.75) is 32.7 Å². The van der Waals surface area contributed by atoms with Crippen molar-refractivity contribution in [3.8, 4) is 5.75 Å². The molecule has 2 amide bonds. The first-order valence-electron chi connectivity index (χ1n) is 8.94. The molecule has 0 aromatic heterocycles. The van der Waals surface area contributed by atoms with Crippen molar-refractivity contribution in [2.24, 2.45) is 0 Å². The highest BCUT2D eigenvalue weighted by molar-refractivity contribution is 5.97. The summed E-state index contributed by atoms with van der Waals surface area (Å²) < 4.78 is 5.77. The molecule has 0 bridgehead atoms. The van der Waals surface area contributed by atoms with E-state index in [-0.39, 0.29) is 17.9 Å². The van der Waals surface area contributed by atoms with E-state index < -0.39 is 0 Å². The van der Waals surface area contributed by atoms with Crippen molar-refractivity contribution < 1.29 is 14.3 Å². The Bertz CT molecular complexity index is 786. The van der Waals surface area contributed by atoms with E-state index in [1.54, 1.807) is 17.0 Å². The molecular formula is C21H24N2O3. The Kier molecular flexibility index (Phi) is 5.56. The fourth-order valence-corrected chi connectivity index (χ4v) is 3.00. The third-order valence-electron chi connectivity index (χ3n) is 4.47. The number of nitrogens with one attached hydrogen (secondary N) is 1. The minimum Gasteiger partial charge on any atom is -0.491 e. The summed E-state index contributed by atoms with van der Waals surface area (Å²) in [6.45, 7) is 5.05. The van der Waals surface area contributed by atoms with Gasteiger partial charge in [-0.25, -0.2) is 0 Å². The topological polar surface area (TPSA) is 58.6 Å². The van der Waals surface area contributed by atoms with Crippen LogP contribution in [0.15, 0.2) is 48.5 Å². The molecule has 136 valence electrons. The number of rotatable bonds is 6. The van der Waals surface area contributed by atoms with E-state index in [1.165, 1.54) is 0 Å². The Morgan fingerprint density at radius 2 is 1.92 bits per heavy atom. The highest BCUT2D eigenvalue weighted by Gasteiger charge is 2.21. The van der Waals surface area contributed by atoms with Crippen molar-refractivity contribution in [3.05, 3.63) is 59.7 Å². The molecule has 1 saturated heterocycles. The number of hydrogen-bond acceptors (Lipinski definition) is 3. The second kappa shape index (κ2) is 8.04. The number of benzene rings is 2. The van der Waals surface area contributed by atoms with E-state index in [1.807, 2.05) is 50.2 Å². The Morgan fingerprint density at radius 1 is 1.19 bits per heavy atom. The number of amides is 2. The monoisotopic (exact) mass is 352 g/mol. The Morgan fingerprint density at radius 3 is 2.58 bits per heavy atom. The number of carbonyl (C=O) groups is 2. The fourth-order valence-electron chi connectivity index (χ4n) is 3.00. The number of anilines is 1. The smallest absolute Gasteiger partial charge is 0.251 e. The Labute approximate surface area is 154 Å². The van der Waals surface area contributed by atoms with Crippen LogP contribution >= 0.6 is 0 Å². The van der Waals surface area contributed by atoms with Gasteiger partial charge in [-0.05, 0) is 56.2 Å². The van der Waals surface area contributed by atoms with Crippen molar-refractivity contribution in [1.82, 2.24) is 5.32 Å². The van der Waals surface area contributed by atoms with Crippen LogP contribution in [-0.2, 0) is 4.79 Å². The van der Waals surface area contributed by atoms with Gasteiger partial charge in [0.15, 0.2) is 0 Å². The highest BCUT2D eigenvalue weighted by atomic mass is 16.5. The van der Waals surface area contributed by atoms with Crippen molar-refractivity contribution in [1.29, 1.82) is 0 Å². The summed E-state index contributed by atoms with van der Waals surface area (Å²) in [6, 6.07) is 14.8. The predicted molar refractivity (Wildman–Crippen MR) is 102 cm³/mol. The molecular weight excluding hydrogens is 328 g/mol.